The third-order valence-corrected chi connectivity index (χ3v) is 8.20. The van der Waals surface area contributed by atoms with E-state index in [1.807, 2.05) is 0 Å². The van der Waals surface area contributed by atoms with Gasteiger partial charge in [0.25, 0.3) is 0 Å². The lowest BCUT2D eigenvalue weighted by molar-refractivity contribution is 0.511. The van der Waals surface area contributed by atoms with Gasteiger partial charge >= 0.3 is 0 Å². The Morgan fingerprint density at radius 3 is 2.50 bits per heavy atom. The predicted molar refractivity (Wildman–Crippen MR) is 93.7 cm³/mol. The summed E-state index contributed by atoms with van der Waals surface area (Å²) in [6.07, 6.45) is 13.1. The fourth-order valence-corrected chi connectivity index (χ4v) is 6.91. The summed E-state index contributed by atoms with van der Waals surface area (Å²) in [6, 6.07) is 7.00. The molecule has 1 aliphatic carbocycles. The second-order valence-corrected chi connectivity index (χ2v) is 9.01. The van der Waals surface area contributed by atoms with Gasteiger partial charge in [-0.2, -0.15) is 0 Å². The standard InChI is InChI=1S/C19H31P/c1-4-5-9-15-20(18-12-7-6-8-13-18)19-14-10-11-16(2)17(19)3/h10-11,14,18H,4-9,12-13,15H2,1-3H3. The van der Waals surface area contributed by atoms with E-state index in [4.69, 9.17) is 0 Å². The van der Waals surface area contributed by atoms with Crippen LogP contribution in [0.5, 0.6) is 0 Å². The van der Waals surface area contributed by atoms with Crippen molar-refractivity contribution in [3.8, 4) is 0 Å². The fraction of sp³-hybridized carbons (Fsp3) is 0.684. The highest BCUT2D eigenvalue weighted by Crippen LogP contribution is 2.48. The first-order valence-electron chi connectivity index (χ1n) is 8.57. The second kappa shape index (κ2) is 8.18. The van der Waals surface area contributed by atoms with E-state index >= 15 is 0 Å². The van der Waals surface area contributed by atoms with Crippen LogP contribution in [0.15, 0.2) is 18.2 Å². The number of hydrogen-bond acceptors (Lipinski definition) is 0. The van der Waals surface area contributed by atoms with Crippen molar-refractivity contribution in [3.05, 3.63) is 29.3 Å². The van der Waals surface area contributed by atoms with Gasteiger partial charge in [0.2, 0.25) is 0 Å². The van der Waals surface area contributed by atoms with Crippen LogP contribution in [0.25, 0.3) is 0 Å². The van der Waals surface area contributed by atoms with Gasteiger partial charge in [0.1, 0.15) is 0 Å². The Kier molecular flexibility index (Phi) is 6.56. The molecule has 0 amide bonds. The molecule has 1 heteroatoms. The third kappa shape index (κ3) is 4.08. The number of unbranched alkanes of at least 4 members (excludes halogenated alkanes) is 2. The molecule has 1 aromatic rings. The highest BCUT2D eigenvalue weighted by atomic mass is 31.1. The van der Waals surface area contributed by atoms with Gasteiger partial charge in [-0.3, -0.25) is 0 Å². The minimum atomic E-state index is 0.0774. The van der Waals surface area contributed by atoms with Gasteiger partial charge in [0, 0.05) is 0 Å². The van der Waals surface area contributed by atoms with Crippen molar-refractivity contribution in [2.45, 2.75) is 77.8 Å². The van der Waals surface area contributed by atoms with Gasteiger partial charge in [-0.25, -0.2) is 0 Å². The normalized spacial score (nSPS) is 18.1. The molecule has 1 unspecified atom stereocenters. The van der Waals surface area contributed by atoms with Crippen molar-refractivity contribution in [2.24, 2.45) is 0 Å². The Bertz CT molecular complexity index is 404. The Morgan fingerprint density at radius 1 is 1.05 bits per heavy atom. The number of rotatable bonds is 6. The van der Waals surface area contributed by atoms with Gasteiger partial charge in [-0.05, 0) is 61.4 Å². The summed E-state index contributed by atoms with van der Waals surface area (Å²) in [5, 5.41) is 1.73. The van der Waals surface area contributed by atoms with Crippen LogP contribution in [-0.2, 0) is 0 Å². The van der Waals surface area contributed by atoms with E-state index in [0.717, 1.165) is 5.66 Å². The predicted octanol–water partition coefficient (Wildman–Crippen LogP) is 5.93. The molecule has 0 nitrogen and oxygen atoms in total. The molecule has 0 bridgehead atoms. The Morgan fingerprint density at radius 2 is 1.80 bits per heavy atom. The zero-order valence-corrected chi connectivity index (χ0v) is 14.5. The maximum Gasteiger partial charge on any atom is -0.0169 e. The maximum atomic E-state index is 2.44. The summed E-state index contributed by atoms with van der Waals surface area (Å²) >= 11 is 0. The topological polar surface area (TPSA) is 0 Å². The van der Waals surface area contributed by atoms with Crippen molar-refractivity contribution in [3.63, 3.8) is 0 Å². The molecule has 0 heterocycles. The van der Waals surface area contributed by atoms with Gasteiger partial charge in [-0.1, -0.05) is 65.1 Å². The maximum absolute atomic E-state index is 2.44. The molecule has 2 rings (SSSR count). The summed E-state index contributed by atoms with van der Waals surface area (Å²) in [5.74, 6) is 0. The lowest BCUT2D eigenvalue weighted by Gasteiger charge is -2.32. The molecule has 1 aliphatic rings. The third-order valence-electron chi connectivity index (χ3n) is 4.90. The minimum Gasteiger partial charge on any atom is -0.0718 e. The van der Waals surface area contributed by atoms with Gasteiger partial charge in [0.05, 0.1) is 0 Å². The van der Waals surface area contributed by atoms with Crippen LogP contribution >= 0.6 is 7.92 Å². The summed E-state index contributed by atoms with van der Waals surface area (Å²) < 4.78 is 0. The van der Waals surface area contributed by atoms with Crippen LogP contribution in [0.1, 0.15) is 69.4 Å². The second-order valence-electron chi connectivity index (χ2n) is 6.41. The fourth-order valence-electron chi connectivity index (χ4n) is 3.47. The van der Waals surface area contributed by atoms with Crippen LogP contribution < -0.4 is 5.30 Å². The van der Waals surface area contributed by atoms with Crippen molar-refractivity contribution >= 4 is 13.2 Å². The van der Waals surface area contributed by atoms with Gasteiger partial charge < -0.3 is 0 Å². The monoisotopic (exact) mass is 290 g/mol. The quantitative estimate of drug-likeness (QED) is 0.449. The lowest BCUT2D eigenvalue weighted by atomic mass is 10.0. The lowest BCUT2D eigenvalue weighted by Crippen LogP contribution is -2.21. The summed E-state index contributed by atoms with van der Waals surface area (Å²) in [5.41, 5.74) is 4.08. The minimum absolute atomic E-state index is 0.0774. The van der Waals surface area contributed by atoms with Crippen LogP contribution in [0, 0.1) is 13.8 Å². The number of benzene rings is 1. The van der Waals surface area contributed by atoms with E-state index in [0.29, 0.717) is 0 Å². The Balaban J connectivity index is 2.17. The molecule has 0 spiro atoms. The first kappa shape index (κ1) is 16.0. The average molecular weight is 290 g/mol. The molecule has 0 N–H and O–H groups in total. The molecule has 112 valence electrons. The highest BCUT2D eigenvalue weighted by Gasteiger charge is 2.25. The smallest absolute Gasteiger partial charge is 0.0169 e. The summed E-state index contributed by atoms with van der Waals surface area (Å²) in [6.45, 7) is 6.95. The van der Waals surface area contributed by atoms with Crippen LogP contribution in [0.3, 0.4) is 0 Å². The zero-order chi connectivity index (χ0) is 14.4. The van der Waals surface area contributed by atoms with E-state index in [1.54, 1.807) is 10.9 Å². The van der Waals surface area contributed by atoms with Crippen LogP contribution in [-0.4, -0.2) is 11.8 Å². The molecule has 20 heavy (non-hydrogen) atoms. The van der Waals surface area contributed by atoms with E-state index in [1.165, 1.54) is 63.1 Å². The number of hydrogen-bond donors (Lipinski definition) is 0. The zero-order valence-electron chi connectivity index (χ0n) is 13.6. The Labute approximate surface area is 127 Å². The molecular weight excluding hydrogens is 259 g/mol. The SMILES string of the molecule is CCCCCP(c1cccc(C)c1C)C1CCCCC1. The summed E-state index contributed by atoms with van der Waals surface area (Å²) in [7, 11) is 0.0774. The first-order valence-corrected chi connectivity index (χ1v) is 10.2. The van der Waals surface area contributed by atoms with E-state index in [9.17, 15) is 0 Å². The molecule has 0 radical (unpaired) electrons. The molecule has 0 saturated heterocycles. The van der Waals surface area contributed by atoms with E-state index in [-0.39, 0.29) is 7.92 Å². The van der Waals surface area contributed by atoms with E-state index in [2.05, 4.69) is 39.0 Å². The molecular formula is C19H31P. The molecule has 0 aliphatic heterocycles. The largest absolute Gasteiger partial charge is 0.0718 e. The van der Waals surface area contributed by atoms with Crippen molar-refractivity contribution in [1.29, 1.82) is 0 Å². The van der Waals surface area contributed by atoms with Crippen LogP contribution in [0.2, 0.25) is 0 Å². The molecule has 1 atom stereocenters. The molecule has 1 aromatic carbocycles. The molecule has 1 saturated carbocycles. The van der Waals surface area contributed by atoms with Crippen molar-refractivity contribution in [1.82, 2.24) is 0 Å². The molecule has 0 aromatic heterocycles. The average Bonchev–Trinajstić information content (AvgIpc) is 2.48. The number of aryl methyl sites for hydroxylation is 1. The van der Waals surface area contributed by atoms with Gasteiger partial charge in [0.15, 0.2) is 0 Å². The highest BCUT2D eigenvalue weighted by molar-refractivity contribution is 7.66. The van der Waals surface area contributed by atoms with Crippen molar-refractivity contribution in [2.75, 3.05) is 6.16 Å². The van der Waals surface area contributed by atoms with Crippen molar-refractivity contribution < 1.29 is 0 Å². The van der Waals surface area contributed by atoms with E-state index < -0.39 is 0 Å². The van der Waals surface area contributed by atoms with Gasteiger partial charge in [-0.15, -0.1) is 0 Å². The first-order chi connectivity index (χ1) is 9.74. The summed E-state index contributed by atoms with van der Waals surface area (Å²) in [4.78, 5) is 0. The Hall–Kier alpha value is -0.350. The van der Waals surface area contributed by atoms with Crippen LogP contribution in [0.4, 0.5) is 0 Å². The molecule has 1 fully saturated rings.